The molecule has 2 heterocycles. The number of benzene rings is 2. The summed E-state index contributed by atoms with van der Waals surface area (Å²) in [6.45, 7) is 3.95. The van der Waals surface area contributed by atoms with Crippen LogP contribution in [0.15, 0.2) is 60.8 Å². The van der Waals surface area contributed by atoms with E-state index in [0.29, 0.717) is 37.4 Å². The lowest BCUT2D eigenvalue weighted by molar-refractivity contribution is -0.113. The van der Waals surface area contributed by atoms with Crippen molar-refractivity contribution in [3.05, 3.63) is 66.4 Å². The number of para-hydroxylation sites is 1. The fourth-order valence-electron chi connectivity index (χ4n) is 3.70. The third-order valence-electron chi connectivity index (χ3n) is 5.22. The second-order valence-electron chi connectivity index (χ2n) is 7.41. The summed E-state index contributed by atoms with van der Waals surface area (Å²) < 4.78 is 27.0. The van der Waals surface area contributed by atoms with Crippen molar-refractivity contribution in [1.82, 2.24) is 9.29 Å². The average Bonchev–Trinajstić information content (AvgIpc) is 2.74. The minimum absolute atomic E-state index is 0.360. The van der Waals surface area contributed by atoms with Gasteiger partial charge in [-0.1, -0.05) is 30.3 Å². The highest BCUT2D eigenvalue weighted by Crippen LogP contribution is 2.21. The maximum atomic E-state index is 12.8. The van der Waals surface area contributed by atoms with Crippen LogP contribution in [0.5, 0.6) is 0 Å². The summed E-state index contributed by atoms with van der Waals surface area (Å²) in [6.07, 6.45) is 1.64. The van der Waals surface area contributed by atoms with E-state index in [1.807, 2.05) is 43.3 Å². The molecule has 0 spiro atoms. The van der Waals surface area contributed by atoms with Crippen LogP contribution >= 0.6 is 0 Å². The van der Waals surface area contributed by atoms with Gasteiger partial charge in [-0.2, -0.15) is 4.31 Å². The van der Waals surface area contributed by atoms with Crippen molar-refractivity contribution in [2.24, 2.45) is 0 Å². The van der Waals surface area contributed by atoms with Gasteiger partial charge in [0, 0.05) is 43.4 Å². The highest BCUT2D eigenvalue weighted by atomic mass is 32.2. The molecule has 0 saturated carbocycles. The number of carbonyl (C=O) groups is 1. The number of amides is 1. The SMILES string of the molecule is Cc1cccc(N2CCN(S(=O)(=O)CC(=O)Nc3cccc4cccnc34)CC2)c1. The topological polar surface area (TPSA) is 82.6 Å². The first-order chi connectivity index (χ1) is 14.4. The number of rotatable bonds is 5. The van der Waals surface area contributed by atoms with E-state index in [-0.39, 0.29) is 0 Å². The molecular weight excluding hydrogens is 400 g/mol. The number of fused-ring (bicyclic) bond motifs is 1. The quantitative estimate of drug-likeness (QED) is 0.681. The van der Waals surface area contributed by atoms with E-state index >= 15 is 0 Å². The van der Waals surface area contributed by atoms with Crippen LogP contribution in [0.3, 0.4) is 0 Å². The number of pyridine rings is 1. The smallest absolute Gasteiger partial charge is 0.241 e. The van der Waals surface area contributed by atoms with Crippen molar-refractivity contribution in [2.75, 3.05) is 42.1 Å². The molecule has 7 nitrogen and oxygen atoms in total. The average molecular weight is 425 g/mol. The predicted molar refractivity (Wildman–Crippen MR) is 119 cm³/mol. The molecule has 1 fully saturated rings. The van der Waals surface area contributed by atoms with Gasteiger partial charge in [0.15, 0.2) is 0 Å². The molecule has 1 aromatic heterocycles. The molecular formula is C22H24N4O3S. The van der Waals surface area contributed by atoms with Crippen LogP contribution < -0.4 is 10.2 Å². The van der Waals surface area contributed by atoms with Gasteiger partial charge in [0.2, 0.25) is 15.9 Å². The van der Waals surface area contributed by atoms with Gasteiger partial charge < -0.3 is 10.2 Å². The number of hydrogen-bond donors (Lipinski definition) is 1. The van der Waals surface area contributed by atoms with Crippen molar-refractivity contribution in [1.29, 1.82) is 0 Å². The van der Waals surface area contributed by atoms with Crippen LogP contribution in [0, 0.1) is 6.92 Å². The summed E-state index contributed by atoms with van der Waals surface area (Å²) in [4.78, 5) is 18.9. The lowest BCUT2D eigenvalue weighted by Gasteiger charge is -2.35. The van der Waals surface area contributed by atoms with Crippen LogP contribution in [0.4, 0.5) is 11.4 Å². The second kappa shape index (κ2) is 8.41. The van der Waals surface area contributed by atoms with Crippen LogP contribution in [-0.4, -0.2) is 55.5 Å². The van der Waals surface area contributed by atoms with E-state index in [1.54, 1.807) is 18.3 Å². The Bertz CT molecular complexity index is 1170. The Morgan fingerprint density at radius 3 is 2.53 bits per heavy atom. The van der Waals surface area contributed by atoms with Gasteiger partial charge in [-0.15, -0.1) is 0 Å². The molecule has 0 atom stereocenters. The molecule has 1 saturated heterocycles. The lowest BCUT2D eigenvalue weighted by Crippen LogP contribution is -2.50. The van der Waals surface area contributed by atoms with E-state index < -0.39 is 21.7 Å². The molecule has 4 rings (SSSR count). The number of aromatic nitrogens is 1. The van der Waals surface area contributed by atoms with Gasteiger partial charge >= 0.3 is 0 Å². The number of hydrogen-bond acceptors (Lipinski definition) is 5. The third-order valence-corrected chi connectivity index (χ3v) is 7.00. The molecule has 1 N–H and O–H groups in total. The summed E-state index contributed by atoms with van der Waals surface area (Å²) in [5.41, 5.74) is 3.41. The number of carbonyl (C=O) groups excluding carboxylic acids is 1. The van der Waals surface area contributed by atoms with E-state index in [4.69, 9.17) is 0 Å². The van der Waals surface area contributed by atoms with Crippen LogP contribution in [-0.2, 0) is 14.8 Å². The Hall–Kier alpha value is -2.97. The number of piperazine rings is 1. The summed E-state index contributed by atoms with van der Waals surface area (Å²) in [5, 5.41) is 3.58. The summed E-state index contributed by atoms with van der Waals surface area (Å²) in [7, 11) is -3.70. The van der Waals surface area contributed by atoms with Gasteiger partial charge in [-0.3, -0.25) is 9.78 Å². The zero-order valence-corrected chi connectivity index (χ0v) is 17.6. The number of nitrogens with one attached hydrogen (secondary N) is 1. The summed E-state index contributed by atoms with van der Waals surface area (Å²) >= 11 is 0. The van der Waals surface area contributed by atoms with Crippen LogP contribution in [0.25, 0.3) is 10.9 Å². The number of anilines is 2. The molecule has 0 unspecified atom stereocenters. The molecule has 0 bridgehead atoms. The third kappa shape index (κ3) is 4.44. The van der Waals surface area contributed by atoms with E-state index in [0.717, 1.165) is 11.1 Å². The van der Waals surface area contributed by atoms with Gasteiger partial charge in [0.25, 0.3) is 0 Å². The fourth-order valence-corrected chi connectivity index (χ4v) is 5.00. The predicted octanol–water partition coefficient (Wildman–Crippen LogP) is 2.63. The Balaban J connectivity index is 1.39. The Morgan fingerprint density at radius 2 is 1.77 bits per heavy atom. The van der Waals surface area contributed by atoms with Crippen LogP contribution in [0.2, 0.25) is 0 Å². The Labute approximate surface area is 176 Å². The van der Waals surface area contributed by atoms with Crippen molar-refractivity contribution in [2.45, 2.75) is 6.92 Å². The first kappa shape index (κ1) is 20.3. The maximum absolute atomic E-state index is 12.8. The minimum Gasteiger partial charge on any atom is -0.369 e. The van der Waals surface area contributed by atoms with E-state index in [9.17, 15) is 13.2 Å². The van der Waals surface area contributed by atoms with E-state index in [1.165, 1.54) is 9.87 Å². The van der Waals surface area contributed by atoms with Crippen molar-refractivity contribution < 1.29 is 13.2 Å². The molecule has 2 aromatic carbocycles. The van der Waals surface area contributed by atoms with Gasteiger partial charge in [-0.05, 0) is 36.8 Å². The molecule has 156 valence electrons. The molecule has 8 heteroatoms. The molecule has 1 aliphatic rings. The van der Waals surface area contributed by atoms with Gasteiger partial charge in [-0.25, -0.2) is 8.42 Å². The van der Waals surface area contributed by atoms with Crippen LogP contribution in [0.1, 0.15) is 5.56 Å². The molecule has 1 amide bonds. The lowest BCUT2D eigenvalue weighted by atomic mass is 10.2. The minimum atomic E-state index is -3.70. The Kier molecular flexibility index (Phi) is 5.69. The number of sulfonamides is 1. The zero-order chi connectivity index (χ0) is 21.1. The van der Waals surface area contributed by atoms with Gasteiger partial charge in [0.05, 0.1) is 11.2 Å². The summed E-state index contributed by atoms with van der Waals surface area (Å²) in [5.74, 6) is -1.14. The van der Waals surface area contributed by atoms with Gasteiger partial charge in [0.1, 0.15) is 5.75 Å². The molecule has 1 aliphatic heterocycles. The second-order valence-corrected chi connectivity index (χ2v) is 9.38. The highest BCUT2D eigenvalue weighted by Gasteiger charge is 2.29. The molecule has 0 radical (unpaired) electrons. The van der Waals surface area contributed by atoms with E-state index in [2.05, 4.69) is 21.3 Å². The van der Waals surface area contributed by atoms with Crippen molar-refractivity contribution in [3.8, 4) is 0 Å². The normalized spacial score (nSPS) is 15.3. The molecule has 3 aromatic rings. The molecule has 0 aliphatic carbocycles. The number of nitrogens with zero attached hydrogens (tertiary/aromatic N) is 3. The zero-order valence-electron chi connectivity index (χ0n) is 16.8. The molecule has 30 heavy (non-hydrogen) atoms. The first-order valence-electron chi connectivity index (χ1n) is 9.85. The number of aryl methyl sites for hydroxylation is 1. The maximum Gasteiger partial charge on any atom is 0.241 e. The first-order valence-corrected chi connectivity index (χ1v) is 11.5. The summed E-state index contributed by atoms with van der Waals surface area (Å²) in [6, 6.07) is 17.3. The Morgan fingerprint density at radius 1 is 1.03 bits per heavy atom. The largest absolute Gasteiger partial charge is 0.369 e. The van der Waals surface area contributed by atoms with Crippen molar-refractivity contribution >= 4 is 38.2 Å². The van der Waals surface area contributed by atoms with Crippen molar-refractivity contribution in [3.63, 3.8) is 0 Å². The fraction of sp³-hybridized carbons (Fsp3) is 0.273. The monoisotopic (exact) mass is 424 g/mol. The highest BCUT2D eigenvalue weighted by molar-refractivity contribution is 7.89. The standard InChI is InChI=1S/C22H24N4O3S/c1-17-5-2-8-19(15-17)25-11-13-26(14-12-25)30(28,29)16-21(27)24-20-9-3-6-18-7-4-10-23-22(18)20/h2-10,15H,11-14,16H2,1H3,(H,24,27).